The highest BCUT2D eigenvalue weighted by molar-refractivity contribution is 5.81. The van der Waals surface area contributed by atoms with Crippen LogP contribution in [0.5, 0.6) is 11.5 Å². The number of rotatable bonds is 6. The Morgan fingerprint density at radius 1 is 1.53 bits per heavy atom. The molecule has 0 amide bonds. The van der Waals surface area contributed by atoms with Gasteiger partial charge in [0, 0.05) is 0 Å². The number of aliphatic carboxylic acids is 1. The Balaban J connectivity index is 2.97. The maximum atomic E-state index is 10.9. The van der Waals surface area contributed by atoms with E-state index in [1.54, 1.807) is 13.0 Å². The van der Waals surface area contributed by atoms with Crippen LogP contribution in [0.4, 0.5) is 0 Å². The summed E-state index contributed by atoms with van der Waals surface area (Å²) in [4.78, 5) is 21.7. The summed E-state index contributed by atoms with van der Waals surface area (Å²) in [5, 5.41) is 8.86. The maximum absolute atomic E-state index is 10.9. The lowest BCUT2D eigenvalue weighted by Crippen LogP contribution is -2.26. The van der Waals surface area contributed by atoms with Gasteiger partial charge in [0.15, 0.2) is 12.4 Å². The fourth-order valence-electron chi connectivity index (χ4n) is 1.31. The summed E-state index contributed by atoms with van der Waals surface area (Å²) in [7, 11) is 1.48. The zero-order valence-electron chi connectivity index (χ0n) is 9.67. The molecule has 0 aliphatic heterocycles. The summed E-state index contributed by atoms with van der Waals surface area (Å²) in [5.74, 6) is -0.293. The van der Waals surface area contributed by atoms with Gasteiger partial charge in [-0.2, -0.15) is 0 Å². The molecule has 5 heteroatoms. The standard InChI is InChI=1S/C12H14O5/c1-3-10(12(14)15)17-11-5-4-9(16-2)6-8(11)7-13/h4-7,10H,3H2,1-2H3,(H,14,15). The molecule has 0 radical (unpaired) electrons. The Morgan fingerprint density at radius 3 is 2.71 bits per heavy atom. The molecule has 5 nitrogen and oxygen atoms in total. The third-order valence-electron chi connectivity index (χ3n) is 2.26. The third kappa shape index (κ3) is 3.21. The van der Waals surface area contributed by atoms with E-state index in [0.717, 1.165) is 0 Å². The first-order valence-electron chi connectivity index (χ1n) is 5.15. The summed E-state index contributed by atoms with van der Waals surface area (Å²) >= 11 is 0. The van der Waals surface area contributed by atoms with Gasteiger partial charge < -0.3 is 14.6 Å². The van der Waals surface area contributed by atoms with Crippen molar-refractivity contribution in [3.8, 4) is 11.5 Å². The second-order valence-electron chi connectivity index (χ2n) is 3.37. The van der Waals surface area contributed by atoms with Crippen LogP contribution < -0.4 is 9.47 Å². The molecule has 17 heavy (non-hydrogen) atoms. The van der Waals surface area contributed by atoms with Gasteiger partial charge in [-0.3, -0.25) is 4.79 Å². The van der Waals surface area contributed by atoms with E-state index < -0.39 is 12.1 Å². The van der Waals surface area contributed by atoms with Crippen molar-refractivity contribution < 1.29 is 24.2 Å². The first kappa shape index (κ1) is 13.0. The van der Waals surface area contributed by atoms with E-state index in [9.17, 15) is 9.59 Å². The highest BCUT2D eigenvalue weighted by Crippen LogP contribution is 2.24. The van der Waals surface area contributed by atoms with Crippen molar-refractivity contribution in [3.63, 3.8) is 0 Å². The van der Waals surface area contributed by atoms with Gasteiger partial charge in [0.2, 0.25) is 0 Å². The molecule has 0 saturated heterocycles. The zero-order valence-corrected chi connectivity index (χ0v) is 9.67. The number of carbonyl (C=O) groups excluding carboxylic acids is 1. The number of methoxy groups -OCH3 is 1. The fourth-order valence-corrected chi connectivity index (χ4v) is 1.31. The normalized spacial score (nSPS) is 11.6. The molecular formula is C12H14O5. The molecule has 1 rings (SSSR count). The number of benzene rings is 1. The Labute approximate surface area is 99.0 Å². The summed E-state index contributed by atoms with van der Waals surface area (Å²) in [5.41, 5.74) is 0.268. The lowest BCUT2D eigenvalue weighted by atomic mass is 10.2. The number of carboxylic acids is 1. The van der Waals surface area contributed by atoms with Crippen LogP contribution in [0.3, 0.4) is 0 Å². The Morgan fingerprint density at radius 2 is 2.24 bits per heavy atom. The maximum Gasteiger partial charge on any atom is 0.344 e. The Hall–Kier alpha value is -2.04. The second-order valence-corrected chi connectivity index (χ2v) is 3.37. The zero-order chi connectivity index (χ0) is 12.8. The van der Waals surface area contributed by atoms with Gasteiger partial charge in [-0.05, 0) is 24.6 Å². The highest BCUT2D eigenvalue weighted by atomic mass is 16.5. The predicted octanol–water partition coefficient (Wildman–Crippen LogP) is 1.75. The van der Waals surface area contributed by atoms with Gasteiger partial charge in [-0.15, -0.1) is 0 Å². The average molecular weight is 238 g/mol. The smallest absolute Gasteiger partial charge is 0.344 e. The van der Waals surface area contributed by atoms with Crippen LogP contribution in [0.2, 0.25) is 0 Å². The van der Waals surface area contributed by atoms with E-state index in [0.29, 0.717) is 18.5 Å². The van der Waals surface area contributed by atoms with Crippen molar-refractivity contribution >= 4 is 12.3 Å². The van der Waals surface area contributed by atoms with Gasteiger partial charge in [-0.1, -0.05) is 6.92 Å². The predicted molar refractivity (Wildman–Crippen MR) is 60.7 cm³/mol. The Bertz CT molecular complexity index is 413. The summed E-state index contributed by atoms with van der Waals surface area (Å²) < 4.78 is 10.2. The van der Waals surface area contributed by atoms with E-state index in [-0.39, 0.29) is 11.3 Å². The van der Waals surface area contributed by atoms with Gasteiger partial charge in [0.25, 0.3) is 0 Å². The molecule has 92 valence electrons. The van der Waals surface area contributed by atoms with Crippen LogP contribution in [0.15, 0.2) is 18.2 Å². The number of carbonyl (C=O) groups is 2. The average Bonchev–Trinajstić information content (AvgIpc) is 2.35. The van der Waals surface area contributed by atoms with Crippen molar-refractivity contribution in [3.05, 3.63) is 23.8 Å². The molecule has 1 aromatic carbocycles. The summed E-state index contributed by atoms with van der Waals surface area (Å²) in [6.45, 7) is 1.70. The van der Waals surface area contributed by atoms with Crippen LogP contribution in [-0.2, 0) is 4.79 Å². The molecule has 0 spiro atoms. The first-order chi connectivity index (χ1) is 8.12. The number of carboxylic acid groups (broad SMARTS) is 1. The van der Waals surface area contributed by atoms with E-state index in [2.05, 4.69) is 0 Å². The molecule has 1 atom stereocenters. The van der Waals surface area contributed by atoms with E-state index >= 15 is 0 Å². The molecule has 0 heterocycles. The molecule has 1 aromatic rings. The molecular weight excluding hydrogens is 224 g/mol. The van der Waals surface area contributed by atoms with Gasteiger partial charge in [0.1, 0.15) is 11.5 Å². The van der Waals surface area contributed by atoms with Crippen molar-refractivity contribution in [2.24, 2.45) is 0 Å². The molecule has 0 aromatic heterocycles. The van der Waals surface area contributed by atoms with E-state index in [4.69, 9.17) is 14.6 Å². The van der Waals surface area contributed by atoms with Crippen LogP contribution in [0, 0.1) is 0 Å². The second kappa shape index (κ2) is 5.89. The summed E-state index contributed by atoms with van der Waals surface area (Å²) in [6.07, 6.45) is -0.0337. The van der Waals surface area contributed by atoms with E-state index in [1.165, 1.54) is 19.2 Å². The number of hydrogen-bond acceptors (Lipinski definition) is 4. The Kier molecular flexibility index (Phi) is 4.51. The lowest BCUT2D eigenvalue weighted by Gasteiger charge is -2.15. The van der Waals surface area contributed by atoms with Crippen molar-refractivity contribution in [1.29, 1.82) is 0 Å². The molecule has 1 unspecified atom stereocenters. The van der Waals surface area contributed by atoms with Crippen LogP contribution in [-0.4, -0.2) is 30.6 Å². The molecule has 0 fully saturated rings. The number of hydrogen-bond donors (Lipinski definition) is 1. The quantitative estimate of drug-likeness (QED) is 0.764. The van der Waals surface area contributed by atoms with Crippen molar-refractivity contribution in [1.82, 2.24) is 0 Å². The van der Waals surface area contributed by atoms with Gasteiger partial charge in [-0.25, -0.2) is 4.79 Å². The van der Waals surface area contributed by atoms with Crippen molar-refractivity contribution in [2.45, 2.75) is 19.4 Å². The van der Waals surface area contributed by atoms with Crippen LogP contribution in [0.1, 0.15) is 23.7 Å². The molecule has 0 bridgehead atoms. The summed E-state index contributed by atoms with van der Waals surface area (Å²) in [6, 6.07) is 4.63. The minimum atomic E-state index is -1.06. The number of aldehydes is 1. The van der Waals surface area contributed by atoms with E-state index in [1.807, 2.05) is 0 Å². The van der Waals surface area contributed by atoms with Gasteiger partial charge in [0.05, 0.1) is 12.7 Å². The highest BCUT2D eigenvalue weighted by Gasteiger charge is 2.18. The minimum Gasteiger partial charge on any atom is -0.497 e. The molecule has 0 aliphatic carbocycles. The monoisotopic (exact) mass is 238 g/mol. The lowest BCUT2D eigenvalue weighted by molar-refractivity contribution is -0.145. The van der Waals surface area contributed by atoms with Crippen LogP contribution in [0.25, 0.3) is 0 Å². The third-order valence-corrected chi connectivity index (χ3v) is 2.26. The minimum absolute atomic E-state index is 0.245. The molecule has 0 saturated carbocycles. The van der Waals surface area contributed by atoms with Crippen LogP contribution >= 0.6 is 0 Å². The largest absolute Gasteiger partial charge is 0.497 e. The first-order valence-corrected chi connectivity index (χ1v) is 5.15. The van der Waals surface area contributed by atoms with Crippen molar-refractivity contribution in [2.75, 3.05) is 7.11 Å². The SMILES string of the molecule is CCC(Oc1ccc(OC)cc1C=O)C(=O)O. The molecule has 1 N–H and O–H groups in total. The topological polar surface area (TPSA) is 72.8 Å². The van der Waals surface area contributed by atoms with Gasteiger partial charge >= 0.3 is 5.97 Å². The number of ether oxygens (including phenoxy) is 2. The fraction of sp³-hybridized carbons (Fsp3) is 0.333. The molecule has 0 aliphatic rings.